The van der Waals surface area contributed by atoms with Crippen molar-refractivity contribution in [2.45, 2.75) is 116 Å². The third kappa shape index (κ3) is 6.11. The van der Waals surface area contributed by atoms with Gasteiger partial charge in [0.25, 0.3) is 0 Å². The minimum atomic E-state index is -0.873. The van der Waals surface area contributed by atoms with E-state index in [1.807, 2.05) is 58.9 Å². The lowest BCUT2D eigenvalue weighted by atomic mass is 9.85. The smallest absolute Gasteiger partial charge is 0.408 e. The Bertz CT molecular complexity index is 1310. The topological polar surface area (TPSA) is 111 Å². The molecule has 1 aliphatic carbocycles. The molecule has 1 N–H and O–H groups in total. The van der Waals surface area contributed by atoms with Crippen molar-refractivity contribution in [3.05, 3.63) is 30.0 Å². The zero-order chi connectivity index (χ0) is 30.1. The number of carbonyl (C=O) groups excluding carboxylic acids is 3. The largest absolute Gasteiger partial charge is 0.471 e. The zero-order valence-corrected chi connectivity index (χ0v) is 25.7. The second kappa shape index (κ2) is 12.2. The van der Waals surface area contributed by atoms with Crippen molar-refractivity contribution >= 4 is 29.3 Å². The van der Waals surface area contributed by atoms with Crippen molar-refractivity contribution < 1.29 is 23.9 Å². The monoisotopic (exact) mass is 578 g/mol. The van der Waals surface area contributed by atoms with Crippen LogP contribution in [0.5, 0.6) is 5.88 Å². The van der Waals surface area contributed by atoms with Crippen molar-refractivity contribution in [3.8, 4) is 5.88 Å². The lowest BCUT2D eigenvalue weighted by molar-refractivity contribution is -0.139. The predicted molar refractivity (Wildman–Crippen MR) is 160 cm³/mol. The Labute approximate surface area is 249 Å². The molecular weight excluding hydrogens is 532 g/mol. The number of para-hydroxylation sites is 2. The molecule has 2 amide bonds. The molecule has 2 aromatic rings. The Morgan fingerprint density at radius 2 is 1.79 bits per heavy atom. The van der Waals surface area contributed by atoms with Crippen LogP contribution in [-0.2, 0) is 20.7 Å². The molecule has 0 spiro atoms. The highest BCUT2D eigenvalue weighted by molar-refractivity contribution is 5.89. The normalized spacial score (nSPS) is 31.3. The van der Waals surface area contributed by atoms with Crippen molar-refractivity contribution in [1.82, 2.24) is 20.2 Å². The van der Waals surface area contributed by atoms with Crippen molar-refractivity contribution in [2.75, 3.05) is 6.54 Å². The summed E-state index contributed by atoms with van der Waals surface area (Å²) in [7, 11) is 0. The van der Waals surface area contributed by atoms with Gasteiger partial charge in [-0.3, -0.25) is 4.79 Å². The predicted octanol–water partition coefficient (Wildman–Crippen LogP) is 5.63. The third-order valence-electron chi connectivity index (χ3n) is 9.67. The lowest BCUT2D eigenvalue weighted by Crippen LogP contribution is -2.57. The number of ether oxygens (including phenoxy) is 2. The molecule has 228 valence electrons. The first-order valence-electron chi connectivity index (χ1n) is 15.7. The summed E-state index contributed by atoms with van der Waals surface area (Å²) in [6.07, 6.45) is 8.01. The summed E-state index contributed by atoms with van der Waals surface area (Å²) >= 11 is 0. The average molecular weight is 579 g/mol. The Morgan fingerprint density at radius 3 is 2.48 bits per heavy atom. The van der Waals surface area contributed by atoms with Gasteiger partial charge in [0, 0.05) is 5.92 Å². The molecule has 3 heterocycles. The van der Waals surface area contributed by atoms with Gasteiger partial charge in [0.15, 0.2) is 0 Å². The fourth-order valence-corrected chi connectivity index (χ4v) is 7.19. The number of amides is 2. The van der Waals surface area contributed by atoms with Gasteiger partial charge in [-0.25, -0.2) is 14.8 Å². The molecule has 2 bridgehead atoms. The lowest BCUT2D eigenvalue weighted by Gasteiger charge is -2.37. The van der Waals surface area contributed by atoms with E-state index in [2.05, 4.69) is 5.32 Å². The number of aryl methyl sites for hydroxylation is 1. The molecule has 3 aliphatic rings. The number of carbonyl (C=O) groups is 3. The fourth-order valence-electron chi connectivity index (χ4n) is 7.19. The number of aromatic nitrogens is 2. The first-order chi connectivity index (χ1) is 20.0. The van der Waals surface area contributed by atoms with E-state index in [1.54, 1.807) is 4.90 Å². The van der Waals surface area contributed by atoms with Gasteiger partial charge >= 0.3 is 6.09 Å². The van der Waals surface area contributed by atoms with Gasteiger partial charge in [0.1, 0.15) is 29.7 Å². The fraction of sp³-hybridized carbons (Fsp3) is 0.667. The summed E-state index contributed by atoms with van der Waals surface area (Å²) in [5, 5.41) is 2.91. The number of rotatable bonds is 2. The van der Waals surface area contributed by atoms with Crippen molar-refractivity contribution in [1.29, 1.82) is 0 Å². The number of benzene rings is 1. The molecule has 42 heavy (non-hydrogen) atoms. The van der Waals surface area contributed by atoms with E-state index in [0.29, 0.717) is 12.3 Å². The maximum absolute atomic E-state index is 14.2. The Hall–Kier alpha value is -3.23. The van der Waals surface area contributed by atoms with Crippen LogP contribution in [0.25, 0.3) is 11.0 Å². The molecule has 1 saturated carbocycles. The van der Waals surface area contributed by atoms with E-state index in [0.717, 1.165) is 74.4 Å². The molecule has 2 aliphatic heterocycles. The van der Waals surface area contributed by atoms with E-state index < -0.39 is 35.3 Å². The minimum Gasteiger partial charge on any atom is -0.471 e. The van der Waals surface area contributed by atoms with E-state index >= 15 is 0 Å². The van der Waals surface area contributed by atoms with Crippen LogP contribution in [0.4, 0.5) is 4.79 Å². The van der Waals surface area contributed by atoms with Crippen molar-refractivity contribution in [2.24, 2.45) is 17.3 Å². The molecule has 2 fully saturated rings. The van der Waals surface area contributed by atoms with Gasteiger partial charge in [0.05, 0.1) is 23.6 Å². The SMILES string of the molecule is CC[C@@H]1[C@@H]2CN(C(=O)[C@H](C(C)(C)C)NC(=O)O[C@]3(C)CCC[C@H]3CCCCCc3nc4ccccc4nc3O2)[C@@H]1C=O. The average Bonchev–Trinajstić information content (AvgIpc) is 3.49. The Morgan fingerprint density at radius 1 is 1.07 bits per heavy atom. The highest BCUT2D eigenvalue weighted by Crippen LogP contribution is 2.42. The first-order valence-corrected chi connectivity index (χ1v) is 15.7. The number of alkyl carbamates (subject to hydrolysis) is 1. The molecule has 1 aromatic carbocycles. The summed E-state index contributed by atoms with van der Waals surface area (Å²) < 4.78 is 12.7. The maximum atomic E-state index is 14.2. The Kier molecular flexibility index (Phi) is 8.76. The summed E-state index contributed by atoms with van der Waals surface area (Å²) in [4.78, 5) is 51.4. The summed E-state index contributed by atoms with van der Waals surface area (Å²) in [5.74, 6) is 0.226. The summed E-state index contributed by atoms with van der Waals surface area (Å²) in [5.41, 5.74) is 1.21. The van der Waals surface area contributed by atoms with Gasteiger partial charge in [-0.2, -0.15) is 0 Å². The highest BCUT2D eigenvalue weighted by atomic mass is 16.6. The number of fused-ring (bicyclic) bond motifs is 5. The number of nitrogens with zero attached hydrogens (tertiary/aromatic N) is 3. The van der Waals surface area contributed by atoms with E-state index in [4.69, 9.17) is 19.4 Å². The van der Waals surface area contributed by atoms with Crippen LogP contribution < -0.4 is 10.1 Å². The molecule has 0 radical (unpaired) electrons. The minimum absolute atomic E-state index is 0.220. The van der Waals surface area contributed by atoms with Crippen LogP contribution in [0.3, 0.4) is 0 Å². The van der Waals surface area contributed by atoms with Gasteiger partial charge in [-0.05, 0) is 75.3 Å². The maximum Gasteiger partial charge on any atom is 0.408 e. The third-order valence-corrected chi connectivity index (χ3v) is 9.67. The van der Waals surface area contributed by atoms with Crippen LogP contribution in [-0.4, -0.2) is 63.5 Å². The molecular formula is C33H46N4O5. The van der Waals surface area contributed by atoms with E-state index in [1.165, 1.54) is 0 Å². The van der Waals surface area contributed by atoms with Crippen LogP contribution in [0.15, 0.2) is 24.3 Å². The molecule has 9 nitrogen and oxygen atoms in total. The zero-order valence-electron chi connectivity index (χ0n) is 25.7. The molecule has 1 saturated heterocycles. The Balaban J connectivity index is 1.52. The molecule has 0 unspecified atom stereocenters. The van der Waals surface area contributed by atoms with Crippen molar-refractivity contribution in [3.63, 3.8) is 0 Å². The van der Waals surface area contributed by atoms with Crippen LogP contribution in [0.1, 0.15) is 91.7 Å². The van der Waals surface area contributed by atoms with E-state index in [-0.39, 0.29) is 24.3 Å². The van der Waals surface area contributed by atoms with Crippen LogP contribution in [0, 0.1) is 17.3 Å². The summed E-state index contributed by atoms with van der Waals surface area (Å²) in [6, 6.07) is 6.22. The number of aldehydes is 1. The van der Waals surface area contributed by atoms with Gasteiger partial charge in [-0.1, -0.05) is 52.7 Å². The summed E-state index contributed by atoms with van der Waals surface area (Å²) in [6.45, 7) is 9.99. The number of nitrogens with one attached hydrogen (secondary N) is 1. The van der Waals surface area contributed by atoms with Gasteiger partial charge in [-0.15, -0.1) is 0 Å². The molecule has 1 aromatic heterocycles. The second-order valence-corrected chi connectivity index (χ2v) is 13.6. The van der Waals surface area contributed by atoms with Gasteiger partial charge in [0.2, 0.25) is 11.8 Å². The number of hydrogen-bond donors (Lipinski definition) is 1. The number of hydrogen-bond acceptors (Lipinski definition) is 7. The highest BCUT2D eigenvalue weighted by Gasteiger charge is 2.49. The molecule has 6 atom stereocenters. The quantitative estimate of drug-likeness (QED) is 0.460. The molecule has 9 heteroatoms. The van der Waals surface area contributed by atoms with E-state index in [9.17, 15) is 14.4 Å². The standard InChI is InChI=1S/C33H46N4O5/c1-6-22-26(20-38)37-19-27(22)41-29-25(34-23-15-10-11-16-24(23)35-29)17-9-7-8-13-21-14-12-18-33(21,5)42-31(40)36-28(30(37)39)32(2,3)4/h10-11,15-16,20-22,26-28H,6-9,12-14,17-19H2,1-5H3,(H,36,40)/t21-,22+,26-,27+,28-,33-/m1/s1. The van der Waals surface area contributed by atoms with Gasteiger partial charge < -0.3 is 24.5 Å². The molecule has 5 rings (SSSR count). The van der Waals surface area contributed by atoms with Crippen LogP contribution in [0.2, 0.25) is 0 Å². The first kappa shape index (κ1) is 30.2. The van der Waals surface area contributed by atoms with Crippen LogP contribution >= 0.6 is 0 Å². The second-order valence-electron chi connectivity index (χ2n) is 13.6.